The molecule has 2 aromatic carbocycles. The van der Waals surface area contributed by atoms with E-state index in [1.165, 1.54) is 11.1 Å². The molecule has 2 aromatic rings. The number of hydrogen-bond donors (Lipinski definition) is 2. The standard InChI is InChI=1S/C22H27N3O2/c1-15-7-6-8-16(2)21(15)24-20(26)13-23-22(27)17(3)25-12-11-18-9-4-5-10-19(18)14-25/h4-10,17H,11-14H2,1-3H3,(H,23,27)(H,24,26). The highest BCUT2D eigenvalue weighted by molar-refractivity contribution is 5.96. The Kier molecular flexibility index (Phi) is 5.91. The Morgan fingerprint density at radius 2 is 1.70 bits per heavy atom. The van der Waals surface area contributed by atoms with Gasteiger partial charge in [-0.3, -0.25) is 14.5 Å². The Morgan fingerprint density at radius 1 is 1.04 bits per heavy atom. The first-order chi connectivity index (χ1) is 13.0. The average molecular weight is 365 g/mol. The van der Waals surface area contributed by atoms with Crippen LogP contribution >= 0.6 is 0 Å². The molecule has 0 radical (unpaired) electrons. The van der Waals surface area contributed by atoms with Crippen LogP contribution in [0.1, 0.15) is 29.2 Å². The number of para-hydroxylation sites is 1. The molecule has 142 valence electrons. The van der Waals surface area contributed by atoms with Crippen molar-refractivity contribution in [2.75, 3.05) is 18.4 Å². The highest BCUT2D eigenvalue weighted by Gasteiger charge is 2.25. The van der Waals surface area contributed by atoms with E-state index in [2.05, 4.69) is 33.7 Å². The number of amides is 2. The second-order valence-electron chi connectivity index (χ2n) is 7.20. The van der Waals surface area contributed by atoms with Crippen molar-refractivity contribution in [2.45, 2.75) is 39.8 Å². The summed E-state index contributed by atoms with van der Waals surface area (Å²) in [5, 5.41) is 5.67. The molecule has 0 aromatic heterocycles. The Bertz CT molecular complexity index is 827. The maximum absolute atomic E-state index is 12.5. The van der Waals surface area contributed by atoms with Gasteiger partial charge in [-0.2, -0.15) is 0 Å². The van der Waals surface area contributed by atoms with Crippen LogP contribution in [0.15, 0.2) is 42.5 Å². The van der Waals surface area contributed by atoms with Crippen LogP contribution in [0.4, 0.5) is 5.69 Å². The number of benzene rings is 2. The summed E-state index contributed by atoms with van der Waals surface area (Å²) in [7, 11) is 0. The predicted octanol–water partition coefficient (Wildman–Crippen LogP) is 2.80. The van der Waals surface area contributed by atoms with Gasteiger partial charge < -0.3 is 10.6 Å². The van der Waals surface area contributed by atoms with Gasteiger partial charge in [0, 0.05) is 18.8 Å². The van der Waals surface area contributed by atoms with Gasteiger partial charge in [-0.25, -0.2) is 0 Å². The predicted molar refractivity (Wildman–Crippen MR) is 108 cm³/mol. The third-order valence-electron chi connectivity index (χ3n) is 5.26. The molecule has 0 aliphatic carbocycles. The van der Waals surface area contributed by atoms with Crippen molar-refractivity contribution in [3.8, 4) is 0 Å². The molecule has 1 heterocycles. The third kappa shape index (κ3) is 4.55. The van der Waals surface area contributed by atoms with E-state index in [0.717, 1.165) is 36.3 Å². The average Bonchev–Trinajstić information content (AvgIpc) is 2.68. The molecule has 2 N–H and O–H groups in total. The van der Waals surface area contributed by atoms with Crippen molar-refractivity contribution < 1.29 is 9.59 Å². The summed E-state index contributed by atoms with van der Waals surface area (Å²) in [6.07, 6.45) is 0.945. The minimum Gasteiger partial charge on any atom is -0.346 e. The number of nitrogens with one attached hydrogen (secondary N) is 2. The zero-order valence-corrected chi connectivity index (χ0v) is 16.2. The Hall–Kier alpha value is -2.66. The molecule has 0 fully saturated rings. The van der Waals surface area contributed by atoms with Gasteiger partial charge in [0.05, 0.1) is 12.6 Å². The van der Waals surface area contributed by atoms with Gasteiger partial charge in [0.2, 0.25) is 11.8 Å². The zero-order valence-electron chi connectivity index (χ0n) is 16.2. The van der Waals surface area contributed by atoms with Gasteiger partial charge in [-0.15, -0.1) is 0 Å². The first-order valence-electron chi connectivity index (χ1n) is 9.40. The molecule has 3 rings (SSSR count). The molecule has 1 unspecified atom stereocenters. The smallest absolute Gasteiger partial charge is 0.243 e. The van der Waals surface area contributed by atoms with Gasteiger partial charge >= 0.3 is 0 Å². The summed E-state index contributed by atoms with van der Waals surface area (Å²) >= 11 is 0. The zero-order chi connectivity index (χ0) is 19.4. The van der Waals surface area contributed by atoms with E-state index >= 15 is 0 Å². The first-order valence-corrected chi connectivity index (χ1v) is 9.40. The molecular weight excluding hydrogens is 338 g/mol. The lowest BCUT2D eigenvalue weighted by Crippen LogP contribution is -2.48. The van der Waals surface area contributed by atoms with Gasteiger partial charge in [-0.1, -0.05) is 42.5 Å². The molecule has 27 heavy (non-hydrogen) atoms. The van der Waals surface area contributed by atoms with Crippen LogP contribution < -0.4 is 10.6 Å². The number of fused-ring (bicyclic) bond motifs is 1. The van der Waals surface area contributed by atoms with E-state index in [-0.39, 0.29) is 24.4 Å². The number of aryl methyl sites for hydroxylation is 2. The van der Waals surface area contributed by atoms with Crippen molar-refractivity contribution in [1.82, 2.24) is 10.2 Å². The van der Waals surface area contributed by atoms with E-state index in [1.807, 2.05) is 45.0 Å². The molecule has 0 saturated heterocycles. The molecule has 1 aliphatic heterocycles. The molecule has 1 aliphatic rings. The van der Waals surface area contributed by atoms with Gasteiger partial charge in [0.1, 0.15) is 0 Å². The van der Waals surface area contributed by atoms with Crippen LogP contribution in [-0.4, -0.2) is 35.8 Å². The minimum absolute atomic E-state index is 0.0264. The molecule has 5 nitrogen and oxygen atoms in total. The van der Waals surface area contributed by atoms with Crippen molar-refractivity contribution in [1.29, 1.82) is 0 Å². The van der Waals surface area contributed by atoms with E-state index < -0.39 is 0 Å². The minimum atomic E-state index is -0.272. The highest BCUT2D eigenvalue weighted by atomic mass is 16.2. The summed E-state index contributed by atoms with van der Waals surface area (Å²) in [6.45, 7) is 7.39. The summed E-state index contributed by atoms with van der Waals surface area (Å²) < 4.78 is 0. The summed E-state index contributed by atoms with van der Waals surface area (Å²) in [5.74, 6) is -0.331. The van der Waals surface area contributed by atoms with Crippen LogP contribution in [0.2, 0.25) is 0 Å². The lowest BCUT2D eigenvalue weighted by molar-refractivity contribution is -0.128. The molecule has 5 heteroatoms. The summed E-state index contributed by atoms with van der Waals surface area (Å²) in [4.78, 5) is 26.9. The lowest BCUT2D eigenvalue weighted by atomic mass is 9.99. The van der Waals surface area contributed by atoms with Gasteiger partial charge in [0.25, 0.3) is 0 Å². The van der Waals surface area contributed by atoms with Crippen molar-refractivity contribution >= 4 is 17.5 Å². The van der Waals surface area contributed by atoms with Crippen molar-refractivity contribution in [3.05, 3.63) is 64.7 Å². The van der Waals surface area contributed by atoms with Crippen LogP contribution in [-0.2, 0) is 22.6 Å². The molecule has 0 bridgehead atoms. The fourth-order valence-corrected chi connectivity index (χ4v) is 3.52. The number of anilines is 1. The summed E-state index contributed by atoms with van der Waals surface area (Å²) in [6, 6.07) is 13.9. The molecule has 0 saturated carbocycles. The topological polar surface area (TPSA) is 61.4 Å². The number of carbonyl (C=O) groups excluding carboxylic acids is 2. The van der Waals surface area contributed by atoms with Crippen LogP contribution in [0.25, 0.3) is 0 Å². The normalized spacial score (nSPS) is 14.9. The highest BCUT2D eigenvalue weighted by Crippen LogP contribution is 2.21. The molecule has 0 spiro atoms. The van der Waals surface area contributed by atoms with Crippen molar-refractivity contribution in [2.24, 2.45) is 0 Å². The SMILES string of the molecule is Cc1cccc(C)c1NC(=O)CNC(=O)C(C)N1CCc2ccccc2C1. The largest absolute Gasteiger partial charge is 0.346 e. The second-order valence-corrected chi connectivity index (χ2v) is 7.20. The van der Waals surface area contributed by atoms with Crippen LogP contribution in [0, 0.1) is 13.8 Å². The second kappa shape index (κ2) is 8.35. The van der Waals surface area contributed by atoms with E-state index in [0.29, 0.717) is 0 Å². The monoisotopic (exact) mass is 365 g/mol. The molecule has 1 atom stereocenters. The number of nitrogens with zero attached hydrogens (tertiary/aromatic N) is 1. The van der Waals surface area contributed by atoms with E-state index in [9.17, 15) is 9.59 Å². The van der Waals surface area contributed by atoms with Gasteiger partial charge in [-0.05, 0) is 49.4 Å². The van der Waals surface area contributed by atoms with Crippen LogP contribution in [0.5, 0.6) is 0 Å². The maximum atomic E-state index is 12.5. The Morgan fingerprint density at radius 3 is 2.41 bits per heavy atom. The van der Waals surface area contributed by atoms with E-state index in [4.69, 9.17) is 0 Å². The fourth-order valence-electron chi connectivity index (χ4n) is 3.52. The molecule has 2 amide bonds. The van der Waals surface area contributed by atoms with Crippen LogP contribution in [0.3, 0.4) is 0 Å². The first kappa shape index (κ1) is 19.1. The number of carbonyl (C=O) groups is 2. The Labute approximate surface area is 160 Å². The summed E-state index contributed by atoms with van der Waals surface area (Å²) in [5.41, 5.74) is 5.47. The molecular formula is C22H27N3O2. The number of hydrogen-bond acceptors (Lipinski definition) is 3. The number of rotatable bonds is 5. The lowest BCUT2D eigenvalue weighted by Gasteiger charge is -2.32. The van der Waals surface area contributed by atoms with E-state index in [1.54, 1.807) is 0 Å². The maximum Gasteiger partial charge on any atom is 0.243 e. The van der Waals surface area contributed by atoms with Gasteiger partial charge in [0.15, 0.2) is 0 Å². The Balaban J connectivity index is 1.52. The quantitative estimate of drug-likeness (QED) is 0.857. The fraction of sp³-hybridized carbons (Fsp3) is 0.364. The van der Waals surface area contributed by atoms with Crippen molar-refractivity contribution in [3.63, 3.8) is 0 Å². The third-order valence-corrected chi connectivity index (χ3v) is 5.26.